The molecule has 0 saturated heterocycles. The Balaban J connectivity index is 0.000000845. The molecule has 2 rings (SSSR count). The maximum absolute atomic E-state index is 3.87. The molecule has 0 aromatic carbocycles. The van der Waals surface area contributed by atoms with Crippen molar-refractivity contribution < 1.29 is 32.7 Å². The molecule has 0 unspecified atom stereocenters. The summed E-state index contributed by atoms with van der Waals surface area (Å²) in [7, 11) is 0. The smallest absolute Gasteiger partial charge is 0 e. The molecule has 3 nitrogen and oxygen atoms in total. The van der Waals surface area contributed by atoms with Crippen molar-refractivity contribution in [2.75, 3.05) is 0 Å². The molecule has 0 amide bonds. The Kier molecular flexibility index (Phi) is 4.12. The first-order chi connectivity index (χ1) is 5.97. The molecule has 1 radical (unpaired) electrons. The predicted octanol–water partition coefficient (Wildman–Crippen LogP) is 1.14. The van der Waals surface area contributed by atoms with E-state index in [0.717, 1.165) is 11.1 Å². The van der Waals surface area contributed by atoms with E-state index in [-0.39, 0.29) is 32.7 Å². The molecule has 0 aliphatic rings. The van der Waals surface area contributed by atoms with Crippen LogP contribution in [-0.2, 0) is 32.7 Å². The molecule has 2 aromatic heterocycles. The van der Waals surface area contributed by atoms with Gasteiger partial charge < -0.3 is 4.98 Å². The summed E-state index contributed by atoms with van der Waals surface area (Å²) in [6.07, 6.45) is 8.88. The van der Waals surface area contributed by atoms with Gasteiger partial charge in [-0.3, -0.25) is 0 Å². The Morgan fingerprint density at radius 3 is 2.46 bits per heavy atom. The number of aromatic nitrogens is 3. The third kappa shape index (κ3) is 2.64. The Hall–Kier alpha value is -0.666. The summed E-state index contributed by atoms with van der Waals surface area (Å²) < 4.78 is 0. The van der Waals surface area contributed by atoms with Crippen molar-refractivity contribution in [3.8, 4) is 11.1 Å². The van der Waals surface area contributed by atoms with E-state index in [1.807, 2.05) is 18.2 Å². The van der Waals surface area contributed by atoms with E-state index in [9.17, 15) is 0 Å². The van der Waals surface area contributed by atoms with Gasteiger partial charge in [-0.25, -0.2) is 16.2 Å². The Morgan fingerprint density at radius 2 is 1.85 bits per heavy atom. The van der Waals surface area contributed by atoms with Gasteiger partial charge in [-0.1, -0.05) is 12.4 Å². The number of hydrogen-bond donors (Lipinski definition) is 0. The number of rotatable bonds is 1. The summed E-state index contributed by atoms with van der Waals surface area (Å²) in [4.78, 5) is 3.87. The minimum atomic E-state index is 0. The third-order valence-corrected chi connectivity index (χ3v) is 1.43. The van der Waals surface area contributed by atoms with E-state index < -0.39 is 0 Å². The van der Waals surface area contributed by atoms with Crippen LogP contribution >= 0.6 is 0 Å². The molecule has 0 aliphatic carbocycles. The van der Waals surface area contributed by atoms with Crippen molar-refractivity contribution in [1.82, 2.24) is 15.2 Å². The number of hydrogen-bond acceptors (Lipinski definition) is 3. The molecule has 0 fully saturated rings. The molecule has 0 N–H and O–H groups in total. The zero-order valence-electron chi connectivity index (χ0n) is 6.81. The zero-order valence-corrected chi connectivity index (χ0v) is 9.64. The van der Waals surface area contributed by atoms with Crippen LogP contribution in [0.5, 0.6) is 0 Å². The van der Waals surface area contributed by atoms with Crippen molar-refractivity contribution in [1.29, 1.82) is 0 Å². The van der Waals surface area contributed by atoms with Gasteiger partial charge in [0.05, 0.1) is 0 Å². The minimum Gasteiger partial charge on any atom is -0.374 e. The minimum absolute atomic E-state index is 0. The molecular weight excluding hydrogens is 239 g/mol. The fourth-order valence-electron chi connectivity index (χ4n) is 0.888. The Bertz CT molecular complexity index is 312. The molecule has 13 heavy (non-hydrogen) atoms. The van der Waals surface area contributed by atoms with Crippen molar-refractivity contribution in [2.45, 2.75) is 0 Å². The van der Waals surface area contributed by atoms with Crippen LogP contribution in [-0.4, -0.2) is 15.2 Å². The van der Waals surface area contributed by atoms with Gasteiger partial charge in [0.2, 0.25) is 0 Å². The summed E-state index contributed by atoms with van der Waals surface area (Å²) in [5.74, 6) is 0. The summed E-state index contributed by atoms with van der Waals surface area (Å²) in [6.45, 7) is 0. The van der Waals surface area contributed by atoms with E-state index >= 15 is 0 Å². The fraction of sp³-hybridized carbons (Fsp3) is 0. The summed E-state index contributed by atoms with van der Waals surface area (Å²) >= 11 is 0. The van der Waals surface area contributed by atoms with Crippen molar-refractivity contribution in [3.63, 3.8) is 0 Å². The van der Waals surface area contributed by atoms with Gasteiger partial charge in [-0.15, -0.1) is 12.3 Å². The van der Waals surface area contributed by atoms with E-state index in [1.165, 1.54) is 0 Å². The summed E-state index contributed by atoms with van der Waals surface area (Å²) in [5.41, 5.74) is 1.74. The van der Waals surface area contributed by atoms with Gasteiger partial charge in [0.1, 0.15) is 0 Å². The van der Waals surface area contributed by atoms with Crippen molar-refractivity contribution in [3.05, 3.63) is 43.0 Å². The first-order valence-electron chi connectivity index (χ1n) is 3.49. The third-order valence-electron chi connectivity index (χ3n) is 1.43. The van der Waals surface area contributed by atoms with Gasteiger partial charge >= 0.3 is 0 Å². The molecular formula is C9H5N3Y-2. The molecule has 0 spiro atoms. The Labute approximate surface area is 101 Å². The monoisotopic (exact) mass is 244 g/mol. The second kappa shape index (κ2) is 5.15. The SMILES string of the molecule is [Y].[c-]1ncccc1-c1[c-]nncc1. The summed E-state index contributed by atoms with van der Waals surface area (Å²) in [5, 5.41) is 7.27. The normalized spacial score (nSPS) is 8.92. The van der Waals surface area contributed by atoms with E-state index in [4.69, 9.17) is 0 Å². The second-order valence-electron chi connectivity index (χ2n) is 2.22. The Morgan fingerprint density at radius 1 is 1.00 bits per heavy atom. The molecule has 4 heteroatoms. The molecule has 2 aromatic rings. The fourth-order valence-corrected chi connectivity index (χ4v) is 0.888. The quantitative estimate of drug-likeness (QED) is 0.706. The second-order valence-corrected chi connectivity index (χ2v) is 2.22. The predicted molar refractivity (Wildman–Crippen MR) is 42.9 cm³/mol. The van der Waals surface area contributed by atoms with Crippen LogP contribution in [0.3, 0.4) is 0 Å². The molecule has 0 atom stereocenters. The largest absolute Gasteiger partial charge is 0.374 e. The first kappa shape index (κ1) is 10.4. The topological polar surface area (TPSA) is 38.7 Å². The molecule has 0 aliphatic heterocycles. The van der Waals surface area contributed by atoms with Crippen LogP contribution < -0.4 is 0 Å². The average Bonchev–Trinajstić information content (AvgIpc) is 2.21. The van der Waals surface area contributed by atoms with Crippen molar-refractivity contribution >= 4 is 0 Å². The van der Waals surface area contributed by atoms with Gasteiger partial charge in [0.25, 0.3) is 0 Å². The first-order valence-corrected chi connectivity index (χ1v) is 3.49. The zero-order chi connectivity index (χ0) is 8.23. The van der Waals surface area contributed by atoms with Gasteiger partial charge in [0.15, 0.2) is 0 Å². The van der Waals surface area contributed by atoms with Gasteiger partial charge in [-0.05, 0) is 6.20 Å². The van der Waals surface area contributed by atoms with Gasteiger partial charge in [-0.2, -0.15) is 17.2 Å². The van der Waals surface area contributed by atoms with Crippen LogP contribution in [0.2, 0.25) is 0 Å². The maximum Gasteiger partial charge on any atom is 0 e. The molecule has 0 saturated carbocycles. The number of pyridine rings is 1. The average molecular weight is 244 g/mol. The van der Waals surface area contributed by atoms with E-state index in [0.29, 0.717) is 0 Å². The van der Waals surface area contributed by atoms with Crippen LogP contribution in [0.4, 0.5) is 0 Å². The molecule has 0 bridgehead atoms. The molecule has 2 heterocycles. The van der Waals surface area contributed by atoms with Crippen LogP contribution in [0.15, 0.2) is 30.6 Å². The summed E-state index contributed by atoms with van der Waals surface area (Å²) in [6, 6.07) is 5.57. The molecule has 61 valence electrons. The van der Waals surface area contributed by atoms with Crippen LogP contribution in [0.1, 0.15) is 0 Å². The van der Waals surface area contributed by atoms with E-state index in [2.05, 4.69) is 27.6 Å². The van der Waals surface area contributed by atoms with Crippen molar-refractivity contribution in [2.24, 2.45) is 0 Å². The number of nitrogens with zero attached hydrogens (tertiary/aromatic N) is 3. The maximum atomic E-state index is 3.87. The standard InChI is InChI=1S/C9H5N3.Y/c1-2-8(6-10-4-1)9-3-5-11-12-7-9;/h1-5H;/q-2;. The van der Waals surface area contributed by atoms with E-state index in [1.54, 1.807) is 12.4 Å². The van der Waals surface area contributed by atoms with Crippen LogP contribution in [0.25, 0.3) is 11.1 Å². The van der Waals surface area contributed by atoms with Crippen LogP contribution in [0, 0.1) is 12.4 Å². The van der Waals surface area contributed by atoms with Gasteiger partial charge in [0, 0.05) is 32.7 Å².